The summed E-state index contributed by atoms with van der Waals surface area (Å²) in [7, 11) is 2.20. The highest BCUT2D eigenvalue weighted by Crippen LogP contribution is 2.19. The largest absolute Gasteiger partial charge is 0.313 e. The Balaban J connectivity index is 1.91. The molecule has 88 valence electrons. The monoisotopic (exact) mass is 219 g/mol. The summed E-state index contributed by atoms with van der Waals surface area (Å²) in [6.07, 6.45) is 6.37. The van der Waals surface area contributed by atoms with Crippen LogP contribution in [0.5, 0.6) is 0 Å². The van der Waals surface area contributed by atoms with Gasteiger partial charge in [0.25, 0.3) is 0 Å². The van der Waals surface area contributed by atoms with Gasteiger partial charge in [-0.05, 0) is 51.1 Å². The van der Waals surface area contributed by atoms with Crippen LogP contribution in [0.1, 0.15) is 31.4 Å². The Morgan fingerprint density at radius 2 is 2.25 bits per heavy atom. The molecule has 1 aromatic rings. The number of pyridine rings is 1. The van der Waals surface area contributed by atoms with Crippen molar-refractivity contribution in [1.82, 2.24) is 15.2 Å². The summed E-state index contributed by atoms with van der Waals surface area (Å²) < 4.78 is 0. The molecule has 2 heterocycles. The minimum absolute atomic E-state index is 0.463. The third-order valence-corrected chi connectivity index (χ3v) is 3.52. The van der Waals surface area contributed by atoms with E-state index >= 15 is 0 Å². The predicted octanol–water partition coefficient (Wildman–Crippen LogP) is 1.83. The molecule has 0 spiro atoms. The molecule has 0 radical (unpaired) electrons. The average Bonchev–Trinajstić information content (AvgIpc) is 2.82. The van der Waals surface area contributed by atoms with Crippen LogP contribution in [-0.2, 0) is 0 Å². The summed E-state index contributed by atoms with van der Waals surface area (Å²) in [5.74, 6) is 0. The van der Waals surface area contributed by atoms with Crippen LogP contribution >= 0.6 is 0 Å². The average molecular weight is 219 g/mol. The topological polar surface area (TPSA) is 28.2 Å². The van der Waals surface area contributed by atoms with Crippen molar-refractivity contribution in [2.24, 2.45) is 0 Å². The second-order valence-electron chi connectivity index (χ2n) is 4.69. The van der Waals surface area contributed by atoms with Gasteiger partial charge >= 0.3 is 0 Å². The summed E-state index contributed by atoms with van der Waals surface area (Å²) in [5.41, 5.74) is 1.34. The summed E-state index contributed by atoms with van der Waals surface area (Å²) >= 11 is 0. The highest BCUT2D eigenvalue weighted by Gasteiger charge is 2.19. The summed E-state index contributed by atoms with van der Waals surface area (Å²) in [4.78, 5) is 6.47. The number of rotatable bonds is 4. The fraction of sp³-hybridized carbons (Fsp3) is 0.615. The molecule has 0 saturated carbocycles. The number of hydrogen-bond acceptors (Lipinski definition) is 3. The van der Waals surface area contributed by atoms with E-state index in [-0.39, 0.29) is 0 Å². The molecule has 1 aliphatic heterocycles. The van der Waals surface area contributed by atoms with E-state index in [1.807, 2.05) is 12.4 Å². The number of nitrogens with one attached hydrogen (secondary N) is 1. The van der Waals surface area contributed by atoms with Gasteiger partial charge in [-0.2, -0.15) is 0 Å². The number of nitrogens with zero attached hydrogens (tertiary/aromatic N) is 2. The van der Waals surface area contributed by atoms with Gasteiger partial charge < -0.3 is 5.32 Å². The molecule has 2 rings (SSSR count). The maximum Gasteiger partial charge on any atom is 0.0318 e. The van der Waals surface area contributed by atoms with Crippen LogP contribution in [0.15, 0.2) is 24.5 Å². The van der Waals surface area contributed by atoms with Crippen LogP contribution in [0.4, 0.5) is 0 Å². The lowest BCUT2D eigenvalue weighted by atomic mass is 10.1. The minimum atomic E-state index is 0.463. The fourth-order valence-corrected chi connectivity index (χ4v) is 2.31. The van der Waals surface area contributed by atoms with Crippen molar-refractivity contribution in [3.8, 4) is 0 Å². The zero-order chi connectivity index (χ0) is 11.4. The minimum Gasteiger partial charge on any atom is -0.313 e. The maximum atomic E-state index is 4.06. The van der Waals surface area contributed by atoms with Crippen molar-refractivity contribution in [2.45, 2.75) is 31.8 Å². The maximum absolute atomic E-state index is 4.06. The van der Waals surface area contributed by atoms with Crippen molar-refractivity contribution in [3.63, 3.8) is 0 Å². The lowest BCUT2D eigenvalue weighted by molar-refractivity contribution is 0.238. The third kappa shape index (κ3) is 2.80. The normalized spacial score (nSPS) is 22.6. The van der Waals surface area contributed by atoms with E-state index in [1.54, 1.807) is 0 Å². The van der Waals surface area contributed by atoms with E-state index in [0.717, 1.165) is 6.54 Å². The quantitative estimate of drug-likeness (QED) is 0.837. The van der Waals surface area contributed by atoms with Gasteiger partial charge in [-0.3, -0.25) is 9.88 Å². The van der Waals surface area contributed by atoms with Crippen LogP contribution in [0, 0.1) is 0 Å². The van der Waals surface area contributed by atoms with Gasteiger partial charge in [0.1, 0.15) is 0 Å². The van der Waals surface area contributed by atoms with E-state index in [9.17, 15) is 0 Å². The molecule has 1 fully saturated rings. The predicted molar refractivity (Wildman–Crippen MR) is 66.3 cm³/mol. The highest BCUT2D eigenvalue weighted by atomic mass is 15.2. The molecule has 1 saturated heterocycles. The zero-order valence-corrected chi connectivity index (χ0v) is 10.2. The Kier molecular flexibility index (Phi) is 3.91. The molecule has 0 aromatic carbocycles. The molecule has 1 N–H and O–H groups in total. The van der Waals surface area contributed by atoms with E-state index in [2.05, 4.69) is 41.3 Å². The first kappa shape index (κ1) is 11.6. The lowest BCUT2D eigenvalue weighted by Crippen LogP contribution is -2.36. The molecule has 1 aromatic heterocycles. The van der Waals surface area contributed by atoms with Crippen molar-refractivity contribution >= 4 is 0 Å². The summed E-state index contributed by atoms with van der Waals surface area (Å²) in [5, 5.41) is 3.54. The molecule has 0 aliphatic carbocycles. The molecule has 1 aliphatic rings. The fourth-order valence-electron chi connectivity index (χ4n) is 2.31. The Morgan fingerprint density at radius 3 is 2.88 bits per heavy atom. The molecule has 16 heavy (non-hydrogen) atoms. The molecular formula is C13H21N3. The van der Waals surface area contributed by atoms with Gasteiger partial charge in [-0.25, -0.2) is 0 Å². The van der Waals surface area contributed by atoms with Crippen LogP contribution in [0.2, 0.25) is 0 Å². The van der Waals surface area contributed by atoms with E-state index < -0.39 is 0 Å². The van der Waals surface area contributed by atoms with Crippen LogP contribution < -0.4 is 5.32 Å². The Labute approximate surface area is 97.9 Å². The Morgan fingerprint density at radius 1 is 1.50 bits per heavy atom. The molecule has 3 heteroatoms. The number of hydrogen-bond donors (Lipinski definition) is 1. The van der Waals surface area contributed by atoms with Gasteiger partial charge in [0.05, 0.1) is 0 Å². The SMILES string of the molecule is CC(c1ccncc1)N(C)CC1CCCN1. The smallest absolute Gasteiger partial charge is 0.0318 e. The van der Waals surface area contributed by atoms with Gasteiger partial charge in [0.15, 0.2) is 0 Å². The van der Waals surface area contributed by atoms with E-state index in [1.165, 1.54) is 24.9 Å². The standard InChI is InChI=1S/C13H21N3/c1-11(12-5-8-14-9-6-12)16(2)10-13-4-3-7-15-13/h5-6,8-9,11,13,15H,3-4,7,10H2,1-2H3. The van der Waals surface area contributed by atoms with E-state index in [0.29, 0.717) is 12.1 Å². The van der Waals surface area contributed by atoms with Crippen LogP contribution in [0.25, 0.3) is 0 Å². The van der Waals surface area contributed by atoms with Gasteiger partial charge in [-0.1, -0.05) is 0 Å². The highest BCUT2D eigenvalue weighted by molar-refractivity contribution is 5.14. The number of aromatic nitrogens is 1. The van der Waals surface area contributed by atoms with Crippen LogP contribution in [-0.4, -0.2) is 36.1 Å². The zero-order valence-electron chi connectivity index (χ0n) is 10.2. The molecular weight excluding hydrogens is 198 g/mol. The van der Waals surface area contributed by atoms with Crippen molar-refractivity contribution in [2.75, 3.05) is 20.1 Å². The van der Waals surface area contributed by atoms with Crippen molar-refractivity contribution in [3.05, 3.63) is 30.1 Å². The summed E-state index contributed by atoms with van der Waals surface area (Å²) in [6.45, 7) is 4.57. The molecule has 0 bridgehead atoms. The first-order chi connectivity index (χ1) is 7.77. The Bertz CT molecular complexity index is 306. The number of likely N-dealkylation sites (N-methyl/N-ethyl adjacent to an activating group) is 1. The molecule has 3 nitrogen and oxygen atoms in total. The molecule has 2 unspecified atom stereocenters. The second kappa shape index (κ2) is 5.41. The van der Waals surface area contributed by atoms with Crippen molar-refractivity contribution < 1.29 is 0 Å². The summed E-state index contributed by atoms with van der Waals surface area (Å²) in [6, 6.07) is 5.34. The molecule has 2 atom stereocenters. The third-order valence-electron chi connectivity index (χ3n) is 3.52. The van der Waals surface area contributed by atoms with Gasteiger partial charge in [0, 0.05) is 31.0 Å². The second-order valence-corrected chi connectivity index (χ2v) is 4.69. The van der Waals surface area contributed by atoms with E-state index in [4.69, 9.17) is 0 Å². The van der Waals surface area contributed by atoms with Crippen LogP contribution in [0.3, 0.4) is 0 Å². The van der Waals surface area contributed by atoms with Crippen molar-refractivity contribution in [1.29, 1.82) is 0 Å². The van der Waals surface area contributed by atoms with Gasteiger partial charge in [-0.15, -0.1) is 0 Å². The first-order valence-corrected chi connectivity index (χ1v) is 6.11. The lowest BCUT2D eigenvalue weighted by Gasteiger charge is -2.27. The molecule has 0 amide bonds. The first-order valence-electron chi connectivity index (χ1n) is 6.11. The van der Waals surface area contributed by atoms with Gasteiger partial charge in [0.2, 0.25) is 0 Å². The Hall–Kier alpha value is -0.930.